The first kappa shape index (κ1) is 13.3. The number of aryl methyl sites for hydroxylation is 1. The van der Waals surface area contributed by atoms with Crippen molar-refractivity contribution in [3.63, 3.8) is 0 Å². The molecule has 1 heterocycles. The van der Waals surface area contributed by atoms with E-state index in [9.17, 15) is 4.79 Å². The molecule has 0 bridgehead atoms. The van der Waals surface area contributed by atoms with Crippen molar-refractivity contribution in [1.29, 1.82) is 0 Å². The number of aromatic nitrogens is 2. The van der Waals surface area contributed by atoms with Crippen LogP contribution < -0.4 is 11.1 Å². The van der Waals surface area contributed by atoms with Gasteiger partial charge in [-0.15, -0.1) is 0 Å². The maximum Gasteiger partial charge on any atom is 0.251 e. The van der Waals surface area contributed by atoms with Crippen LogP contribution in [0.25, 0.3) is 5.69 Å². The molecule has 0 unspecified atom stereocenters. The Morgan fingerprint density at radius 1 is 1.47 bits per heavy atom. The van der Waals surface area contributed by atoms with Crippen molar-refractivity contribution in [2.75, 3.05) is 6.54 Å². The zero-order valence-electron chi connectivity index (χ0n) is 11.2. The summed E-state index contributed by atoms with van der Waals surface area (Å²) in [7, 11) is 0. The van der Waals surface area contributed by atoms with Crippen LogP contribution in [0.15, 0.2) is 30.6 Å². The molecule has 100 valence electrons. The van der Waals surface area contributed by atoms with Gasteiger partial charge >= 0.3 is 0 Å². The third kappa shape index (κ3) is 3.00. The Morgan fingerprint density at radius 2 is 2.26 bits per heavy atom. The van der Waals surface area contributed by atoms with Gasteiger partial charge in [0, 0.05) is 12.7 Å². The topological polar surface area (TPSA) is 72.9 Å². The quantitative estimate of drug-likeness (QED) is 0.851. The average molecular weight is 258 g/mol. The summed E-state index contributed by atoms with van der Waals surface area (Å²) in [6.45, 7) is 5.78. The molecule has 5 heteroatoms. The highest BCUT2D eigenvalue weighted by atomic mass is 16.1. The number of primary amides is 1. The standard InChI is InChI=1S/C14H18N4O/c1-3-16-7-11-6-10(2)4-5-13(11)18-9-12(8-17-18)14(15)19/h4-6,8-9,16H,3,7H2,1-2H3,(H2,15,19). The van der Waals surface area contributed by atoms with Gasteiger partial charge in [-0.3, -0.25) is 4.79 Å². The van der Waals surface area contributed by atoms with Gasteiger partial charge in [-0.05, 0) is 25.1 Å². The van der Waals surface area contributed by atoms with E-state index in [0.717, 1.165) is 24.3 Å². The summed E-state index contributed by atoms with van der Waals surface area (Å²) in [5.41, 5.74) is 8.95. The molecule has 0 saturated heterocycles. The molecule has 0 aliphatic carbocycles. The number of amides is 1. The van der Waals surface area contributed by atoms with Crippen LogP contribution in [0.4, 0.5) is 0 Å². The lowest BCUT2D eigenvalue weighted by Crippen LogP contribution is -2.14. The fraction of sp³-hybridized carbons (Fsp3) is 0.286. The number of benzene rings is 1. The molecule has 19 heavy (non-hydrogen) atoms. The Morgan fingerprint density at radius 3 is 2.89 bits per heavy atom. The molecular formula is C14H18N4O. The first-order valence-electron chi connectivity index (χ1n) is 6.27. The van der Waals surface area contributed by atoms with Crippen LogP contribution in [0.2, 0.25) is 0 Å². The molecular weight excluding hydrogens is 240 g/mol. The number of rotatable bonds is 5. The Hall–Kier alpha value is -2.14. The molecule has 0 fully saturated rings. The summed E-state index contributed by atoms with van der Waals surface area (Å²) in [5, 5.41) is 7.49. The van der Waals surface area contributed by atoms with Gasteiger partial charge in [0.1, 0.15) is 0 Å². The van der Waals surface area contributed by atoms with Gasteiger partial charge in [-0.25, -0.2) is 4.68 Å². The average Bonchev–Trinajstić information content (AvgIpc) is 2.86. The lowest BCUT2D eigenvalue weighted by molar-refractivity contribution is 0.100. The first-order chi connectivity index (χ1) is 9.11. The Bertz CT molecular complexity index is 589. The van der Waals surface area contributed by atoms with Crippen molar-refractivity contribution in [3.8, 4) is 5.69 Å². The van der Waals surface area contributed by atoms with Gasteiger partial charge in [0.25, 0.3) is 5.91 Å². The summed E-state index contributed by atoms with van der Waals surface area (Å²) in [4.78, 5) is 11.1. The van der Waals surface area contributed by atoms with E-state index in [1.807, 2.05) is 12.1 Å². The molecule has 5 nitrogen and oxygen atoms in total. The summed E-state index contributed by atoms with van der Waals surface area (Å²) in [6.07, 6.45) is 3.14. The molecule has 0 atom stereocenters. The van der Waals surface area contributed by atoms with Crippen molar-refractivity contribution < 1.29 is 4.79 Å². The highest BCUT2D eigenvalue weighted by Crippen LogP contribution is 2.16. The van der Waals surface area contributed by atoms with Crippen LogP contribution in [0.1, 0.15) is 28.4 Å². The Balaban J connectivity index is 2.39. The molecule has 2 aromatic rings. The van der Waals surface area contributed by atoms with Crippen LogP contribution in [0, 0.1) is 6.92 Å². The van der Waals surface area contributed by atoms with E-state index in [1.54, 1.807) is 10.9 Å². The van der Waals surface area contributed by atoms with Gasteiger partial charge in [0.15, 0.2) is 0 Å². The molecule has 0 aliphatic heterocycles. The monoisotopic (exact) mass is 258 g/mol. The molecule has 0 radical (unpaired) electrons. The van der Waals surface area contributed by atoms with Crippen molar-refractivity contribution in [2.24, 2.45) is 5.73 Å². The zero-order valence-corrected chi connectivity index (χ0v) is 11.2. The Kier molecular flexibility index (Phi) is 3.97. The largest absolute Gasteiger partial charge is 0.366 e. The molecule has 0 spiro atoms. The van der Waals surface area contributed by atoms with Crippen LogP contribution in [0.5, 0.6) is 0 Å². The minimum atomic E-state index is -0.466. The molecule has 0 saturated carbocycles. The summed E-state index contributed by atoms with van der Waals surface area (Å²) in [5.74, 6) is -0.466. The number of hydrogen-bond acceptors (Lipinski definition) is 3. The van der Waals surface area contributed by atoms with Gasteiger partial charge in [-0.2, -0.15) is 5.10 Å². The number of nitrogens with one attached hydrogen (secondary N) is 1. The minimum Gasteiger partial charge on any atom is -0.366 e. The summed E-state index contributed by atoms with van der Waals surface area (Å²) < 4.78 is 1.69. The van der Waals surface area contributed by atoms with Crippen LogP contribution in [-0.4, -0.2) is 22.2 Å². The fourth-order valence-corrected chi connectivity index (χ4v) is 1.92. The van der Waals surface area contributed by atoms with E-state index in [-0.39, 0.29) is 0 Å². The maximum atomic E-state index is 11.1. The van der Waals surface area contributed by atoms with Crippen molar-refractivity contribution >= 4 is 5.91 Å². The number of carbonyl (C=O) groups excluding carboxylic acids is 1. The van der Waals surface area contributed by atoms with Crippen molar-refractivity contribution in [2.45, 2.75) is 20.4 Å². The second-order valence-corrected chi connectivity index (χ2v) is 4.45. The third-order valence-electron chi connectivity index (χ3n) is 2.91. The van der Waals surface area contributed by atoms with E-state index in [2.05, 4.69) is 30.3 Å². The minimum absolute atomic E-state index is 0.412. The summed E-state index contributed by atoms with van der Waals surface area (Å²) in [6, 6.07) is 6.14. The first-order valence-corrected chi connectivity index (χ1v) is 6.27. The number of hydrogen-bond donors (Lipinski definition) is 2. The van der Waals surface area contributed by atoms with Crippen LogP contribution >= 0.6 is 0 Å². The smallest absolute Gasteiger partial charge is 0.251 e. The molecule has 2 rings (SSSR count). The van der Waals surface area contributed by atoms with E-state index >= 15 is 0 Å². The van der Waals surface area contributed by atoms with E-state index < -0.39 is 5.91 Å². The number of carbonyl (C=O) groups is 1. The lowest BCUT2D eigenvalue weighted by Gasteiger charge is -2.11. The molecule has 0 aliphatic rings. The van der Waals surface area contributed by atoms with Gasteiger partial charge in [0.05, 0.1) is 17.4 Å². The summed E-state index contributed by atoms with van der Waals surface area (Å²) >= 11 is 0. The van der Waals surface area contributed by atoms with Crippen LogP contribution in [-0.2, 0) is 6.54 Å². The SMILES string of the molecule is CCNCc1cc(C)ccc1-n1cc(C(N)=O)cn1. The molecule has 1 aromatic carbocycles. The second-order valence-electron chi connectivity index (χ2n) is 4.45. The van der Waals surface area contributed by atoms with Gasteiger partial charge in [0.2, 0.25) is 0 Å². The molecule has 1 aromatic heterocycles. The number of nitrogens with two attached hydrogens (primary N) is 1. The number of nitrogens with zero attached hydrogens (tertiary/aromatic N) is 2. The van der Waals surface area contributed by atoms with Crippen LogP contribution in [0.3, 0.4) is 0 Å². The third-order valence-corrected chi connectivity index (χ3v) is 2.91. The second kappa shape index (κ2) is 5.67. The highest BCUT2D eigenvalue weighted by molar-refractivity contribution is 5.92. The van der Waals surface area contributed by atoms with E-state index in [0.29, 0.717) is 5.56 Å². The van der Waals surface area contributed by atoms with Gasteiger partial charge < -0.3 is 11.1 Å². The zero-order chi connectivity index (χ0) is 13.8. The maximum absolute atomic E-state index is 11.1. The van der Waals surface area contributed by atoms with Crippen molar-refractivity contribution in [1.82, 2.24) is 15.1 Å². The van der Waals surface area contributed by atoms with E-state index in [1.165, 1.54) is 11.8 Å². The molecule has 1 amide bonds. The normalized spacial score (nSPS) is 10.6. The lowest BCUT2D eigenvalue weighted by atomic mass is 10.1. The Labute approximate surface area is 112 Å². The molecule has 3 N–H and O–H groups in total. The highest BCUT2D eigenvalue weighted by Gasteiger charge is 2.09. The fourth-order valence-electron chi connectivity index (χ4n) is 1.92. The van der Waals surface area contributed by atoms with E-state index in [4.69, 9.17) is 5.73 Å². The predicted molar refractivity (Wildman–Crippen MR) is 74.2 cm³/mol. The van der Waals surface area contributed by atoms with Crippen molar-refractivity contribution in [3.05, 3.63) is 47.3 Å². The predicted octanol–water partition coefficient (Wildman–Crippen LogP) is 1.39. The van der Waals surface area contributed by atoms with Gasteiger partial charge in [-0.1, -0.05) is 24.6 Å².